The molecule has 1 aromatic carbocycles. The first-order valence-electron chi connectivity index (χ1n) is 7.49. The lowest BCUT2D eigenvalue weighted by atomic mass is 10.1. The summed E-state index contributed by atoms with van der Waals surface area (Å²) in [5.74, 6) is 0.883. The van der Waals surface area contributed by atoms with Gasteiger partial charge in [-0.25, -0.2) is 14.5 Å². The number of carbonyl (C=O) groups is 1. The van der Waals surface area contributed by atoms with Gasteiger partial charge in [0.2, 0.25) is 0 Å². The number of nitrogens with zero attached hydrogens (tertiary/aromatic N) is 3. The molecule has 1 aliphatic heterocycles. The van der Waals surface area contributed by atoms with Gasteiger partial charge in [-0.15, -0.1) is 0 Å². The molecule has 1 aromatic heterocycles. The van der Waals surface area contributed by atoms with E-state index >= 15 is 0 Å². The Hall–Kier alpha value is -2.58. The predicted molar refractivity (Wildman–Crippen MR) is 80.5 cm³/mol. The highest BCUT2D eigenvalue weighted by Crippen LogP contribution is 2.23. The summed E-state index contributed by atoms with van der Waals surface area (Å²) in [6.07, 6.45) is -2.38. The molecule has 3 rings (SSSR count). The number of carbonyl (C=O) groups excluding carboxylic acids is 1. The van der Waals surface area contributed by atoms with E-state index in [1.54, 1.807) is 10.7 Å². The van der Waals surface area contributed by atoms with Crippen LogP contribution < -0.4 is 10.6 Å². The van der Waals surface area contributed by atoms with Gasteiger partial charge in [0.1, 0.15) is 12.2 Å². The maximum atomic E-state index is 12.4. The van der Waals surface area contributed by atoms with Gasteiger partial charge in [-0.05, 0) is 24.1 Å². The summed E-state index contributed by atoms with van der Waals surface area (Å²) in [5, 5.41) is 9.45. The number of aromatic nitrogens is 3. The molecule has 128 valence electrons. The van der Waals surface area contributed by atoms with Crippen molar-refractivity contribution < 1.29 is 18.0 Å². The van der Waals surface area contributed by atoms with Gasteiger partial charge in [0.25, 0.3) is 0 Å². The Morgan fingerprint density at radius 2 is 2.21 bits per heavy atom. The molecule has 1 atom stereocenters. The lowest BCUT2D eigenvalue weighted by molar-refractivity contribution is -0.127. The lowest BCUT2D eigenvalue weighted by Crippen LogP contribution is -2.43. The highest BCUT2D eigenvalue weighted by molar-refractivity contribution is 5.89. The summed E-state index contributed by atoms with van der Waals surface area (Å²) < 4.78 is 39.0. The molecule has 2 amide bonds. The van der Waals surface area contributed by atoms with Crippen molar-refractivity contribution in [2.45, 2.75) is 38.0 Å². The van der Waals surface area contributed by atoms with E-state index in [1.807, 2.05) is 0 Å². The second-order valence-electron chi connectivity index (χ2n) is 5.68. The Morgan fingerprint density at radius 1 is 1.38 bits per heavy atom. The van der Waals surface area contributed by atoms with E-state index in [4.69, 9.17) is 0 Å². The average Bonchev–Trinajstić information content (AvgIpc) is 2.93. The fourth-order valence-corrected chi connectivity index (χ4v) is 2.70. The molecule has 24 heavy (non-hydrogen) atoms. The van der Waals surface area contributed by atoms with Crippen molar-refractivity contribution in [3.63, 3.8) is 0 Å². The summed E-state index contributed by atoms with van der Waals surface area (Å²) >= 11 is 0. The molecule has 0 radical (unpaired) electrons. The van der Waals surface area contributed by atoms with Gasteiger partial charge in [-0.3, -0.25) is 0 Å². The van der Waals surface area contributed by atoms with Crippen LogP contribution in [0.15, 0.2) is 30.6 Å². The summed E-state index contributed by atoms with van der Waals surface area (Å²) in [5.41, 5.74) is 0.428. The zero-order valence-corrected chi connectivity index (χ0v) is 12.7. The standard InChI is InChI=1S/C15H16F3N5O/c16-15(17,18)7-10-2-1-3-11(6-10)21-14(24)22-12-4-5-13-19-9-20-23(13)8-12/h1-3,6,9,12H,4-5,7-8H2,(H2,21,22,24)/t12-/m1/s1. The van der Waals surface area contributed by atoms with E-state index in [1.165, 1.54) is 24.5 Å². The van der Waals surface area contributed by atoms with Crippen LogP contribution in [0.5, 0.6) is 0 Å². The monoisotopic (exact) mass is 339 g/mol. The number of rotatable bonds is 3. The van der Waals surface area contributed by atoms with Gasteiger partial charge in [0.05, 0.1) is 19.0 Å². The van der Waals surface area contributed by atoms with Crippen LogP contribution >= 0.6 is 0 Å². The number of anilines is 1. The largest absolute Gasteiger partial charge is 0.393 e. The molecule has 6 nitrogen and oxygen atoms in total. The van der Waals surface area contributed by atoms with Gasteiger partial charge in [0, 0.05) is 12.1 Å². The molecule has 0 bridgehead atoms. The van der Waals surface area contributed by atoms with Crippen molar-refractivity contribution in [3.8, 4) is 0 Å². The first-order valence-corrected chi connectivity index (χ1v) is 7.49. The molecule has 0 saturated carbocycles. The highest BCUT2D eigenvalue weighted by atomic mass is 19.4. The number of fused-ring (bicyclic) bond motifs is 1. The Labute approximate surface area is 136 Å². The van der Waals surface area contributed by atoms with Crippen molar-refractivity contribution in [2.75, 3.05) is 5.32 Å². The second-order valence-corrected chi connectivity index (χ2v) is 5.68. The molecule has 0 saturated heterocycles. The van der Waals surface area contributed by atoms with Crippen molar-refractivity contribution in [2.24, 2.45) is 0 Å². The average molecular weight is 339 g/mol. The zero-order chi connectivity index (χ0) is 17.2. The molecule has 0 fully saturated rings. The maximum Gasteiger partial charge on any atom is 0.393 e. The minimum absolute atomic E-state index is 0.0995. The van der Waals surface area contributed by atoms with Crippen molar-refractivity contribution >= 4 is 11.7 Å². The van der Waals surface area contributed by atoms with Crippen LogP contribution in [0, 0.1) is 0 Å². The summed E-state index contributed by atoms with van der Waals surface area (Å²) in [6, 6.07) is 5.19. The van der Waals surface area contributed by atoms with Crippen LogP contribution in [0.3, 0.4) is 0 Å². The van der Waals surface area contributed by atoms with E-state index in [9.17, 15) is 18.0 Å². The summed E-state index contributed by atoms with van der Waals surface area (Å²) in [4.78, 5) is 16.1. The number of hydrogen-bond acceptors (Lipinski definition) is 3. The third-order valence-corrected chi connectivity index (χ3v) is 3.73. The first-order chi connectivity index (χ1) is 11.4. The normalized spacial score (nSPS) is 17.2. The number of halogens is 3. The van der Waals surface area contributed by atoms with Crippen LogP contribution in [-0.2, 0) is 19.4 Å². The van der Waals surface area contributed by atoms with Crippen molar-refractivity contribution in [1.29, 1.82) is 0 Å². The molecular weight excluding hydrogens is 323 g/mol. The first kappa shape index (κ1) is 16.3. The topological polar surface area (TPSA) is 71.8 Å². The molecule has 0 aliphatic carbocycles. The van der Waals surface area contributed by atoms with Crippen LogP contribution in [0.4, 0.5) is 23.7 Å². The number of urea groups is 1. The van der Waals surface area contributed by atoms with Crippen molar-refractivity contribution in [1.82, 2.24) is 20.1 Å². The lowest BCUT2D eigenvalue weighted by Gasteiger charge is -2.23. The smallest absolute Gasteiger partial charge is 0.333 e. The van der Waals surface area contributed by atoms with Gasteiger partial charge < -0.3 is 10.6 Å². The SMILES string of the molecule is O=C(Nc1cccc(CC(F)(F)F)c1)N[C@@H]1CCc2ncnn2C1. The summed E-state index contributed by atoms with van der Waals surface area (Å²) in [7, 11) is 0. The second kappa shape index (κ2) is 6.50. The summed E-state index contributed by atoms with van der Waals surface area (Å²) in [6.45, 7) is 0.525. The highest BCUT2D eigenvalue weighted by Gasteiger charge is 2.27. The van der Waals surface area contributed by atoms with Crippen LogP contribution in [0.1, 0.15) is 17.8 Å². The number of benzene rings is 1. The fourth-order valence-electron chi connectivity index (χ4n) is 2.70. The predicted octanol–water partition coefficient (Wildman–Crippen LogP) is 2.52. The van der Waals surface area contributed by atoms with E-state index in [2.05, 4.69) is 20.7 Å². The van der Waals surface area contributed by atoms with Gasteiger partial charge >= 0.3 is 12.2 Å². The molecule has 0 unspecified atom stereocenters. The zero-order valence-electron chi connectivity index (χ0n) is 12.7. The minimum atomic E-state index is -4.28. The Bertz CT molecular complexity index is 728. The molecule has 9 heteroatoms. The number of aryl methyl sites for hydroxylation is 1. The number of nitrogens with one attached hydrogen (secondary N) is 2. The molecule has 0 spiro atoms. The Morgan fingerprint density at radius 3 is 3.00 bits per heavy atom. The fraction of sp³-hybridized carbons (Fsp3) is 0.400. The Balaban J connectivity index is 1.56. The van der Waals surface area contributed by atoms with Gasteiger partial charge in [-0.1, -0.05) is 12.1 Å². The van der Waals surface area contributed by atoms with Crippen LogP contribution in [-0.4, -0.2) is 33.0 Å². The van der Waals surface area contributed by atoms with Crippen molar-refractivity contribution in [3.05, 3.63) is 42.0 Å². The van der Waals surface area contributed by atoms with E-state index < -0.39 is 18.6 Å². The van der Waals surface area contributed by atoms with Gasteiger partial charge in [-0.2, -0.15) is 18.3 Å². The molecular formula is C15H16F3N5O. The van der Waals surface area contributed by atoms with Crippen LogP contribution in [0.25, 0.3) is 0 Å². The number of alkyl halides is 3. The van der Waals surface area contributed by atoms with E-state index in [-0.39, 0.29) is 11.6 Å². The maximum absolute atomic E-state index is 12.4. The third kappa shape index (κ3) is 4.24. The van der Waals surface area contributed by atoms with Gasteiger partial charge in [0.15, 0.2) is 0 Å². The molecule has 2 heterocycles. The quantitative estimate of drug-likeness (QED) is 0.903. The number of hydrogen-bond donors (Lipinski definition) is 2. The van der Waals surface area contributed by atoms with E-state index in [0.29, 0.717) is 18.7 Å². The van der Waals surface area contributed by atoms with Crippen LogP contribution in [0.2, 0.25) is 0 Å². The molecule has 2 aromatic rings. The molecule has 1 aliphatic rings. The third-order valence-electron chi connectivity index (χ3n) is 3.73. The Kier molecular flexibility index (Phi) is 4.41. The number of amides is 2. The minimum Gasteiger partial charge on any atom is -0.333 e. The van der Waals surface area contributed by atoms with E-state index in [0.717, 1.165) is 12.2 Å². The molecule has 2 N–H and O–H groups in total.